The van der Waals surface area contributed by atoms with Crippen molar-refractivity contribution >= 4 is 5.91 Å². The molecule has 2 unspecified atom stereocenters. The van der Waals surface area contributed by atoms with E-state index in [1.165, 1.54) is 0 Å². The van der Waals surface area contributed by atoms with Crippen molar-refractivity contribution in [1.82, 2.24) is 19.7 Å². The maximum absolute atomic E-state index is 13.0. The number of methoxy groups -OCH3 is 1. The van der Waals surface area contributed by atoms with Gasteiger partial charge in [-0.2, -0.15) is 0 Å². The maximum Gasteiger partial charge on any atom is 0.226 e. The lowest BCUT2D eigenvalue weighted by Crippen LogP contribution is -2.45. The Morgan fingerprint density at radius 2 is 2.00 bits per heavy atom. The van der Waals surface area contributed by atoms with Gasteiger partial charge < -0.3 is 14.2 Å². The Morgan fingerprint density at radius 1 is 1.26 bits per heavy atom. The molecule has 0 aliphatic carbocycles. The van der Waals surface area contributed by atoms with E-state index in [0.717, 1.165) is 56.7 Å². The van der Waals surface area contributed by atoms with Crippen LogP contribution < -0.4 is 0 Å². The van der Waals surface area contributed by atoms with Gasteiger partial charge in [-0.1, -0.05) is 13.8 Å². The maximum atomic E-state index is 13.0. The van der Waals surface area contributed by atoms with E-state index in [0.29, 0.717) is 24.6 Å². The summed E-state index contributed by atoms with van der Waals surface area (Å²) < 4.78 is 7.41. The van der Waals surface area contributed by atoms with Gasteiger partial charge in [-0.15, -0.1) is 10.2 Å². The van der Waals surface area contributed by atoms with E-state index >= 15 is 0 Å². The largest absolute Gasteiger partial charge is 0.384 e. The van der Waals surface area contributed by atoms with Crippen molar-refractivity contribution in [1.29, 1.82) is 0 Å². The summed E-state index contributed by atoms with van der Waals surface area (Å²) in [6.07, 6.45) is 5.66. The molecule has 1 amide bonds. The van der Waals surface area contributed by atoms with E-state index in [1.54, 1.807) is 7.11 Å². The van der Waals surface area contributed by atoms with Crippen molar-refractivity contribution in [3.05, 3.63) is 11.6 Å². The normalized spacial score (nSPS) is 23.2. The molecular formula is C17H28N4O2. The molecule has 1 aromatic rings. The molecule has 0 aromatic carbocycles. The van der Waals surface area contributed by atoms with Crippen LogP contribution in [0.5, 0.6) is 0 Å². The molecule has 3 rings (SSSR count). The van der Waals surface area contributed by atoms with Gasteiger partial charge in [-0.05, 0) is 25.7 Å². The molecular weight excluding hydrogens is 292 g/mol. The van der Waals surface area contributed by atoms with Crippen molar-refractivity contribution in [2.75, 3.05) is 13.7 Å². The van der Waals surface area contributed by atoms with Gasteiger partial charge in [-0.3, -0.25) is 4.79 Å². The first kappa shape index (κ1) is 16.4. The third-order valence-electron chi connectivity index (χ3n) is 5.45. The van der Waals surface area contributed by atoms with E-state index in [-0.39, 0.29) is 5.92 Å². The molecule has 1 aromatic heterocycles. The zero-order valence-electron chi connectivity index (χ0n) is 14.5. The zero-order chi connectivity index (χ0) is 16.4. The lowest BCUT2D eigenvalue weighted by molar-refractivity contribution is -0.138. The number of hydrogen-bond donors (Lipinski definition) is 0. The molecule has 2 bridgehead atoms. The van der Waals surface area contributed by atoms with Crippen LogP contribution in [0.2, 0.25) is 0 Å². The first-order valence-electron chi connectivity index (χ1n) is 8.91. The fourth-order valence-electron chi connectivity index (χ4n) is 4.08. The zero-order valence-corrected chi connectivity index (χ0v) is 14.5. The summed E-state index contributed by atoms with van der Waals surface area (Å²) in [5, 5.41) is 8.73. The molecule has 1 fully saturated rings. The number of rotatable bonds is 6. The molecule has 1 saturated heterocycles. The summed E-state index contributed by atoms with van der Waals surface area (Å²) in [5.41, 5.74) is 0. The van der Waals surface area contributed by atoms with Crippen LogP contribution in [0, 0.1) is 5.92 Å². The average Bonchev–Trinajstić information content (AvgIpc) is 3.06. The molecule has 6 nitrogen and oxygen atoms in total. The predicted octanol–water partition coefficient (Wildman–Crippen LogP) is 1.82. The van der Waals surface area contributed by atoms with E-state index < -0.39 is 0 Å². The predicted molar refractivity (Wildman–Crippen MR) is 87.0 cm³/mol. The van der Waals surface area contributed by atoms with Crippen LogP contribution in [0.15, 0.2) is 0 Å². The molecule has 2 aliphatic rings. The summed E-state index contributed by atoms with van der Waals surface area (Å²) in [4.78, 5) is 15.2. The molecule has 6 heteroatoms. The molecule has 3 heterocycles. The summed E-state index contributed by atoms with van der Waals surface area (Å²) >= 11 is 0. The molecule has 0 N–H and O–H groups in total. The van der Waals surface area contributed by atoms with Gasteiger partial charge in [-0.25, -0.2) is 0 Å². The Kier molecular flexibility index (Phi) is 4.99. The number of aromatic nitrogens is 3. The molecule has 23 heavy (non-hydrogen) atoms. The van der Waals surface area contributed by atoms with E-state index in [4.69, 9.17) is 4.74 Å². The van der Waals surface area contributed by atoms with E-state index in [1.807, 2.05) is 0 Å². The van der Waals surface area contributed by atoms with Gasteiger partial charge in [0, 0.05) is 38.5 Å². The molecule has 0 radical (unpaired) electrons. The smallest absolute Gasteiger partial charge is 0.226 e. The Balaban J connectivity index is 1.82. The summed E-state index contributed by atoms with van der Waals surface area (Å²) in [6, 6.07) is 0.598. The van der Waals surface area contributed by atoms with Crippen molar-refractivity contribution in [3.63, 3.8) is 0 Å². The number of nitrogens with zero attached hydrogens (tertiary/aromatic N) is 4. The third kappa shape index (κ3) is 3.01. The highest BCUT2D eigenvalue weighted by Gasteiger charge is 2.42. The Hall–Kier alpha value is -1.43. The number of ether oxygens (including phenoxy) is 1. The first-order chi connectivity index (χ1) is 11.2. The van der Waals surface area contributed by atoms with E-state index in [9.17, 15) is 4.79 Å². The van der Waals surface area contributed by atoms with Gasteiger partial charge in [0.25, 0.3) is 0 Å². The number of hydrogen-bond acceptors (Lipinski definition) is 4. The van der Waals surface area contributed by atoms with Crippen LogP contribution in [0.1, 0.15) is 51.2 Å². The lowest BCUT2D eigenvalue weighted by atomic mass is 10.0. The second-order valence-corrected chi connectivity index (χ2v) is 6.73. The standard InChI is InChI=1S/C17H28N4O2/c1-4-12(5-2)17(22)21-13-6-7-14(21)11-20-15(8-9-23-3)18-19-16(20)10-13/h12-14H,4-11H2,1-3H3. The van der Waals surface area contributed by atoms with Crippen molar-refractivity contribution in [3.8, 4) is 0 Å². The minimum absolute atomic E-state index is 0.162. The van der Waals surface area contributed by atoms with Crippen LogP contribution in [-0.2, 0) is 28.9 Å². The second kappa shape index (κ2) is 6.99. The molecule has 0 spiro atoms. The fourth-order valence-corrected chi connectivity index (χ4v) is 4.08. The molecule has 0 saturated carbocycles. The highest BCUT2D eigenvalue weighted by Crippen LogP contribution is 2.33. The number of amides is 1. The van der Waals surface area contributed by atoms with Gasteiger partial charge in [0.1, 0.15) is 11.6 Å². The Morgan fingerprint density at radius 3 is 2.70 bits per heavy atom. The van der Waals surface area contributed by atoms with Gasteiger partial charge in [0.15, 0.2) is 0 Å². The quantitative estimate of drug-likeness (QED) is 0.802. The minimum atomic E-state index is 0.162. The average molecular weight is 320 g/mol. The highest BCUT2D eigenvalue weighted by atomic mass is 16.5. The second-order valence-electron chi connectivity index (χ2n) is 6.73. The van der Waals surface area contributed by atoms with Gasteiger partial charge >= 0.3 is 0 Å². The van der Waals surface area contributed by atoms with Crippen LogP contribution in [0.25, 0.3) is 0 Å². The minimum Gasteiger partial charge on any atom is -0.384 e. The Bertz CT molecular complexity index is 553. The van der Waals surface area contributed by atoms with Crippen LogP contribution in [-0.4, -0.2) is 51.4 Å². The number of fused-ring (bicyclic) bond motifs is 3. The van der Waals surface area contributed by atoms with Gasteiger partial charge in [0.05, 0.1) is 12.6 Å². The SMILES string of the molecule is CCC(CC)C(=O)N1C2CCC1Cn1c(CCOC)nnc1C2. The van der Waals surface area contributed by atoms with E-state index in [2.05, 4.69) is 33.5 Å². The molecule has 128 valence electrons. The van der Waals surface area contributed by atoms with Crippen LogP contribution in [0.4, 0.5) is 0 Å². The van der Waals surface area contributed by atoms with Crippen LogP contribution >= 0.6 is 0 Å². The highest BCUT2D eigenvalue weighted by molar-refractivity contribution is 5.79. The summed E-state index contributed by atoms with van der Waals surface area (Å²) in [5.74, 6) is 2.53. The van der Waals surface area contributed by atoms with Crippen LogP contribution in [0.3, 0.4) is 0 Å². The van der Waals surface area contributed by atoms with Gasteiger partial charge in [0.2, 0.25) is 5.91 Å². The summed E-state index contributed by atoms with van der Waals surface area (Å²) in [6.45, 7) is 5.72. The Labute approximate surface area is 138 Å². The summed E-state index contributed by atoms with van der Waals surface area (Å²) in [7, 11) is 1.71. The monoisotopic (exact) mass is 320 g/mol. The van der Waals surface area contributed by atoms with Crippen molar-refractivity contribution in [2.24, 2.45) is 5.92 Å². The molecule has 2 aliphatic heterocycles. The molecule has 2 atom stereocenters. The first-order valence-corrected chi connectivity index (χ1v) is 8.91. The third-order valence-corrected chi connectivity index (χ3v) is 5.45. The fraction of sp³-hybridized carbons (Fsp3) is 0.824. The van der Waals surface area contributed by atoms with Crippen molar-refractivity contribution < 1.29 is 9.53 Å². The number of carbonyl (C=O) groups is 1. The van der Waals surface area contributed by atoms with Crippen molar-refractivity contribution in [2.45, 2.75) is 71.0 Å². The number of carbonyl (C=O) groups excluding carboxylic acids is 1. The lowest BCUT2D eigenvalue weighted by Gasteiger charge is -2.31. The topological polar surface area (TPSA) is 60.2 Å².